The summed E-state index contributed by atoms with van der Waals surface area (Å²) >= 11 is 0. The highest BCUT2D eigenvalue weighted by Crippen LogP contribution is 2.05. The minimum absolute atomic E-state index is 0.0764. The van der Waals surface area contributed by atoms with Gasteiger partial charge >= 0.3 is 11.6 Å². The average Bonchev–Trinajstić information content (AvgIpc) is 2.42. The van der Waals surface area contributed by atoms with Crippen LogP contribution in [0.4, 0.5) is 0 Å². The van der Waals surface area contributed by atoms with Crippen LogP contribution in [0.25, 0.3) is 5.53 Å². The summed E-state index contributed by atoms with van der Waals surface area (Å²) in [6.45, 7) is 2.12. The molecule has 1 saturated heterocycles. The fourth-order valence-electron chi connectivity index (χ4n) is 1.74. The van der Waals surface area contributed by atoms with Gasteiger partial charge in [0.1, 0.15) is 0 Å². The Hall–Kier alpha value is -1.97. The molecule has 0 N–H and O–H groups in total. The molecule has 1 aromatic rings. The molecule has 0 aromatic heterocycles. The van der Waals surface area contributed by atoms with Gasteiger partial charge in [-0.3, -0.25) is 4.79 Å². The molecule has 88 valence electrons. The summed E-state index contributed by atoms with van der Waals surface area (Å²) in [5.41, 5.74) is 9.68. The van der Waals surface area contributed by atoms with E-state index < -0.39 is 0 Å². The zero-order valence-electron chi connectivity index (χ0n) is 9.37. The largest absolute Gasteiger partial charge is 0.386 e. The third kappa shape index (κ3) is 2.58. The molecular formula is C12H13N3O2. The van der Waals surface area contributed by atoms with Gasteiger partial charge in [-0.15, -0.1) is 0 Å². The van der Waals surface area contributed by atoms with Crippen molar-refractivity contribution in [3.8, 4) is 0 Å². The van der Waals surface area contributed by atoms with Gasteiger partial charge < -0.3 is 15.2 Å². The molecule has 0 unspecified atom stereocenters. The molecule has 1 aliphatic heterocycles. The first-order valence-corrected chi connectivity index (χ1v) is 5.47. The first kappa shape index (κ1) is 11.5. The van der Waals surface area contributed by atoms with Crippen molar-refractivity contribution in [2.24, 2.45) is 0 Å². The van der Waals surface area contributed by atoms with Crippen LogP contribution in [0.1, 0.15) is 5.56 Å². The Labute approximate surface area is 99.2 Å². The molecule has 0 spiro atoms. The van der Waals surface area contributed by atoms with Gasteiger partial charge in [0.05, 0.1) is 18.8 Å². The summed E-state index contributed by atoms with van der Waals surface area (Å²) in [6.07, 6.45) is 0. The molecule has 1 aliphatic rings. The molecule has 5 nitrogen and oxygen atoms in total. The molecule has 1 heterocycles. The number of benzene rings is 1. The van der Waals surface area contributed by atoms with E-state index in [0.29, 0.717) is 31.9 Å². The second-order valence-electron chi connectivity index (χ2n) is 3.72. The lowest BCUT2D eigenvalue weighted by Crippen LogP contribution is -2.44. The predicted molar refractivity (Wildman–Crippen MR) is 61.6 cm³/mol. The van der Waals surface area contributed by atoms with Crippen molar-refractivity contribution >= 4 is 11.6 Å². The maximum atomic E-state index is 12.1. The first-order chi connectivity index (χ1) is 8.33. The van der Waals surface area contributed by atoms with Gasteiger partial charge in [-0.25, -0.2) is 0 Å². The summed E-state index contributed by atoms with van der Waals surface area (Å²) in [5, 5.41) is 0. The molecule has 2 rings (SSSR count). The van der Waals surface area contributed by atoms with Crippen molar-refractivity contribution in [2.75, 3.05) is 26.3 Å². The van der Waals surface area contributed by atoms with E-state index in [-0.39, 0.29) is 11.6 Å². The van der Waals surface area contributed by atoms with Gasteiger partial charge in [0, 0.05) is 13.1 Å². The minimum atomic E-state index is -0.262. The van der Waals surface area contributed by atoms with Crippen molar-refractivity contribution < 1.29 is 14.3 Å². The number of rotatable bonds is 2. The van der Waals surface area contributed by atoms with Gasteiger partial charge in [0.25, 0.3) is 0 Å². The maximum absolute atomic E-state index is 12.1. The van der Waals surface area contributed by atoms with E-state index >= 15 is 0 Å². The number of carbonyl (C=O) groups is 1. The topological polar surface area (TPSA) is 65.9 Å². The Morgan fingerprint density at radius 2 is 1.88 bits per heavy atom. The third-order valence-corrected chi connectivity index (χ3v) is 2.65. The Kier molecular flexibility index (Phi) is 3.65. The van der Waals surface area contributed by atoms with Gasteiger partial charge in [0.15, 0.2) is 0 Å². The molecule has 0 atom stereocenters. The molecule has 17 heavy (non-hydrogen) atoms. The van der Waals surface area contributed by atoms with Crippen LogP contribution in [0, 0.1) is 0 Å². The lowest BCUT2D eigenvalue weighted by molar-refractivity contribution is -0.132. The van der Waals surface area contributed by atoms with Crippen LogP contribution in [0.2, 0.25) is 0 Å². The molecule has 0 bridgehead atoms. The third-order valence-electron chi connectivity index (χ3n) is 2.65. The standard InChI is InChI=1S/C12H13N3O2/c13-14-11(10-4-2-1-3-5-10)12(16)15-6-8-17-9-7-15/h1-5H,6-9H2. The minimum Gasteiger partial charge on any atom is -0.378 e. The molecule has 1 aromatic carbocycles. The highest BCUT2D eigenvalue weighted by molar-refractivity contribution is 6.42. The van der Waals surface area contributed by atoms with Crippen molar-refractivity contribution in [3.63, 3.8) is 0 Å². The number of carbonyl (C=O) groups excluding carboxylic acids is 1. The predicted octanol–water partition coefficient (Wildman–Crippen LogP) is 0.564. The molecular weight excluding hydrogens is 218 g/mol. The molecule has 0 aliphatic carbocycles. The van der Waals surface area contributed by atoms with Crippen LogP contribution in [0.15, 0.2) is 30.3 Å². The normalized spacial score (nSPS) is 15.2. The van der Waals surface area contributed by atoms with Crippen molar-refractivity contribution in [2.45, 2.75) is 0 Å². The SMILES string of the molecule is [N-]=[N+]=C(C(=O)N1CCOCC1)c1ccccc1. The fourth-order valence-corrected chi connectivity index (χ4v) is 1.74. The summed E-state index contributed by atoms with van der Waals surface area (Å²) < 4.78 is 5.17. The summed E-state index contributed by atoms with van der Waals surface area (Å²) in [6, 6.07) is 8.93. The van der Waals surface area contributed by atoms with E-state index in [2.05, 4.69) is 4.79 Å². The lowest BCUT2D eigenvalue weighted by atomic mass is 10.1. The zero-order valence-corrected chi connectivity index (χ0v) is 9.37. The van der Waals surface area contributed by atoms with E-state index in [1.807, 2.05) is 6.07 Å². The van der Waals surface area contributed by atoms with Crippen LogP contribution >= 0.6 is 0 Å². The van der Waals surface area contributed by atoms with Crippen LogP contribution in [-0.2, 0) is 9.53 Å². The van der Waals surface area contributed by atoms with Crippen LogP contribution in [0.3, 0.4) is 0 Å². The molecule has 1 amide bonds. The summed E-state index contributed by atoms with van der Waals surface area (Å²) in [7, 11) is 0. The van der Waals surface area contributed by atoms with E-state index in [4.69, 9.17) is 10.3 Å². The smallest absolute Gasteiger partial charge is 0.378 e. The van der Waals surface area contributed by atoms with Gasteiger partial charge in [-0.05, 0) is 12.1 Å². The van der Waals surface area contributed by atoms with E-state index in [0.717, 1.165) is 0 Å². The number of hydrogen-bond acceptors (Lipinski definition) is 2. The number of ether oxygens (including phenoxy) is 1. The fraction of sp³-hybridized carbons (Fsp3) is 0.333. The number of morpholine rings is 1. The Bertz CT molecular complexity index is 446. The molecule has 5 heteroatoms. The number of hydrogen-bond donors (Lipinski definition) is 0. The molecule has 0 saturated carbocycles. The monoisotopic (exact) mass is 231 g/mol. The quantitative estimate of drug-likeness (QED) is 0.424. The highest BCUT2D eigenvalue weighted by atomic mass is 16.5. The Morgan fingerprint density at radius 1 is 1.24 bits per heavy atom. The number of amides is 1. The second kappa shape index (κ2) is 5.39. The van der Waals surface area contributed by atoms with E-state index in [1.54, 1.807) is 29.2 Å². The van der Waals surface area contributed by atoms with Gasteiger partial charge in [0.2, 0.25) is 0 Å². The van der Waals surface area contributed by atoms with Crippen molar-refractivity contribution in [1.82, 2.24) is 4.90 Å². The van der Waals surface area contributed by atoms with Crippen LogP contribution in [-0.4, -0.2) is 47.6 Å². The second-order valence-corrected chi connectivity index (χ2v) is 3.72. The van der Waals surface area contributed by atoms with E-state index in [9.17, 15) is 4.79 Å². The van der Waals surface area contributed by atoms with Gasteiger partial charge in [-0.1, -0.05) is 18.2 Å². The van der Waals surface area contributed by atoms with Crippen molar-refractivity contribution in [3.05, 3.63) is 41.4 Å². The Balaban J connectivity index is 2.19. The molecule has 1 fully saturated rings. The van der Waals surface area contributed by atoms with Crippen LogP contribution in [0.5, 0.6) is 0 Å². The van der Waals surface area contributed by atoms with Gasteiger partial charge in [-0.2, -0.15) is 4.79 Å². The maximum Gasteiger partial charge on any atom is 0.386 e. The highest BCUT2D eigenvalue weighted by Gasteiger charge is 2.29. The number of nitrogens with zero attached hydrogens (tertiary/aromatic N) is 3. The van der Waals surface area contributed by atoms with E-state index in [1.165, 1.54) is 0 Å². The first-order valence-electron chi connectivity index (χ1n) is 5.47. The van der Waals surface area contributed by atoms with Crippen molar-refractivity contribution in [1.29, 1.82) is 0 Å². The summed E-state index contributed by atoms with van der Waals surface area (Å²) in [4.78, 5) is 16.9. The average molecular weight is 231 g/mol. The lowest BCUT2D eigenvalue weighted by Gasteiger charge is -2.25. The molecule has 0 radical (unpaired) electrons. The Morgan fingerprint density at radius 3 is 2.47 bits per heavy atom. The zero-order chi connectivity index (χ0) is 12.1. The van der Waals surface area contributed by atoms with Crippen LogP contribution < -0.4 is 0 Å². The summed E-state index contributed by atoms with van der Waals surface area (Å²) in [5.74, 6) is -0.262.